The summed E-state index contributed by atoms with van der Waals surface area (Å²) in [5, 5.41) is 17.9. The second kappa shape index (κ2) is 5.47. The van der Waals surface area contributed by atoms with Gasteiger partial charge in [-0.3, -0.25) is 5.10 Å². The maximum Gasteiger partial charge on any atom is 0.336 e. The van der Waals surface area contributed by atoms with E-state index in [4.69, 9.17) is 16.6 Å². The lowest BCUT2D eigenvalue weighted by molar-refractivity contribution is 0.471. The van der Waals surface area contributed by atoms with Crippen LogP contribution < -0.4 is 5.63 Å². The van der Waals surface area contributed by atoms with Gasteiger partial charge in [0.15, 0.2) is 9.54 Å². The maximum atomic E-state index is 11.6. The lowest BCUT2D eigenvalue weighted by atomic mass is 10.0. The van der Waals surface area contributed by atoms with Crippen molar-refractivity contribution in [2.45, 2.75) is 13.8 Å². The van der Waals surface area contributed by atoms with Crippen molar-refractivity contribution in [3.05, 3.63) is 43.7 Å². The zero-order chi connectivity index (χ0) is 15.9. The number of nitrogens with zero attached hydrogens (tertiary/aromatic N) is 2. The molecule has 2 N–H and O–H groups in total. The van der Waals surface area contributed by atoms with Crippen LogP contribution >= 0.6 is 23.6 Å². The standard InChI is InChI=1S/C14H11N3O3S2/c1-6-5-10(19)20-12-8(6)3-4-9(18)11(12)7(2)15-13-16-17-14(21)22-13/h3-5,18H,1-2H3,(H,17,21)/b15-7+. The number of phenols is 1. The van der Waals surface area contributed by atoms with Crippen LogP contribution in [0.15, 0.2) is 32.4 Å². The number of hydrogen-bond donors (Lipinski definition) is 2. The molecule has 112 valence electrons. The average Bonchev–Trinajstić information content (AvgIpc) is 2.83. The largest absolute Gasteiger partial charge is 0.507 e. The van der Waals surface area contributed by atoms with Gasteiger partial charge in [-0.05, 0) is 43.8 Å². The van der Waals surface area contributed by atoms with Crippen molar-refractivity contribution in [3.8, 4) is 5.75 Å². The van der Waals surface area contributed by atoms with E-state index in [1.54, 1.807) is 19.1 Å². The minimum Gasteiger partial charge on any atom is -0.507 e. The van der Waals surface area contributed by atoms with Gasteiger partial charge >= 0.3 is 5.63 Å². The molecule has 3 rings (SSSR count). The van der Waals surface area contributed by atoms with Crippen LogP contribution in [-0.2, 0) is 0 Å². The molecule has 0 fully saturated rings. The molecule has 22 heavy (non-hydrogen) atoms. The SMILES string of the molecule is C/C(=N\c1n[nH]c(=S)s1)c1c(O)ccc2c(C)cc(=O)oc12. The Hall–Kier alpha value is -2.32. The minimum absolute atomic E-state index is 0.0124. The van der Waals surface area contributed by atoms with Crippen molar-refractivity contribution in [1.82, 2.24) is 10.2 Å². The summed E-state index contributed by atoms with van der Waals surface area (Å²) in [7, 11) is 0. The Morgan fingerprint density at radius 3 is 2.95 bits per heavy atom. The molecule has 2 heterocycles. The molecule has 1 aromatic carbocycles. The fourth-order valence-corrected chi connectivity index (χ4v) is 2.99. The van der Waals surface area contributed by atoms with E-state index < -0.39 is 5.63 Å². The summed E-state index contributed by atoms with van der Waals surface area (Å²) in [6, 6.07) is 4.67. The van der Waals surface area contributed by atoms with Crippen LogP contribution in [-0.4, -0.2) is 21.0 Å². The first-order valence-electron chi connectivity index (χ1n) is 6.33. The Balaban J connectivity index is 2.29. The van der Waals surface area contributed by atoms with E-state index in [1.165, 1.54) is 17.4 Å². The van der Waals surface area contributed by atoms with Gasteiger partial charge in [-0.1, -0.05) is 11.3 Å². The number of benzene rings is 1. The van der Waals surface area contributed by atoms with Gasteiger partial charge in [0.1, 0.15) is 5.75 Å². The highest BCUT2D eigenvalue weighted by atomic mass is 32.1. The Morgan fingerprint density at radius 2 is 2.27 bits per heavy atom. The Bertz CT molecular complexity index is 1010. The second-order valence-electron chi connectivity index (χ2n) is 4.68. The number of fused-ring (bicyclic) bond motifs is 1. The van der Waals surface area contributed by atoms with Gasteiger partial charge in [0.2, 0.25) is 5.13 Å². The molecule has 0 atom stereocenters. The average molecular weight is 333 g/mol. The Morgan fingerprint density at radius 1 is 1.50 bits per heavy atom. The summed E-state index contributed by atoms with van der Waals surface area (Å²) in [6.07, 6.45) is 0. The predicted octanol–water partition coefficient (Wildman–Crippen LogP) is 3.46. The molecule has 0 saturated carbocycles. The smallest absolute Gasteiger partial charge is 0.336 e. The summed E-state index contributed by atoms with van der Waals surface area (Å²) < 4.78 is 5.79. The van der Waals surface area contributed by atoms with Crippen LogP contribution in [0.25, 0.3) is 11.0 Å². The van der Waals surface area contributed by atoms with Crippen molar-refractivity contribution in [2.75, 3.05) is 0 Å². The number of aromatic hydroxyl groups is 1. The molecule has 0 saturated heterocycles. The maximum absolute atomic E-state index is 11.6. The summed E-state index contributed by atoms with van der Waals surface area (Å²) in [6.45, 7) is 3.52. The molecule has 0 unspecified atom stereocenters. The quantitative estimate of drug-likeness (QED) is 0.426. The summed E-state index contributed by atoms with van der Waals surface area (Å²) in [5.41, 5.74) is 1.47. The van der Waals surface area contributed by atoms with Gasteiger partial charge in [0, 0.05) is 11.5 Å². The zero-order valence-corrected chi connectivity index (χ0v) is 13.3. The van der Waals surface area contributed by atoms with E-state index in [1.807, 2.05) is 6.92 Å². The number of nitrogens with one attached hydrogen (secondary N) is 1. The molecule has 0 spiro atoms. The zero-order valence-electron chi connectivity index (χ0n) is 11.7. The van der Waals surface area contributed by atoms with E-state index in [0.717, 1.165) is 10.9 Å². The molecule has 0 amide bonds. The molecular weight excluding hydrogens is 322 g/mol. The Kier molecular flexibility index (Phi) is 3.63. The van der Waals surface area contributed by atoms with Crippen molar-refractivity contribution in [1.29, 1.82) is 0 Å². The second-order valence-corrected chi connectivity index (χ2v) is 6.32. The van der Waals surface area contributed by atoms with Crippen molar-refractivity contribution in [3.63, 3.8) is 0 Å². The highest BCUT2D eigenvalue weighted by Crippen LogP contribution is 2.30. The number of hydrogen-bond acceptors (Lipinski definition) is 7. The minimum atomic E-state index is -0.472. The van der Waals surface area contributed by atoms with Gasteiger partial charge in [0.05, 0.1) is 11.3 Å². The third-order valence-electron chi connectivity index (χ3n) is 3.15. The fraction of sp³-hybridized carbons (Fsp3) is 0.143. The normalized spacial score (nSPS) is 12.0. The van der Waals surface area contributed by atoms with E-state index in [2.05, 4.69) is 15.2 Å². The Labute approximate surface area is 133 Å². The number of rotatable bonds is 2. The van der Waals surface area contributed by atoms with Crippen LogP contribution in [0.3, 0.4) is 0 Å². The topological polar surface area (TPSA) is 91.5 Å². The lowest BCUT2D eigenvalue weighted by Gasteiger charge is -2.08. The highest BCUT2D eigenvalue weighted by molar-refractivity contribution is 7.73. The fourth-order valence-electron chi connectivity index (χ4n) is 2.19. The molecule has 6 nitrogen and oxygen atoms in total. The molecule has 0 radical (unpaired) electrons. The third kappa shape index (κ3) is 2.58. The molecule has 2 aromatic heterocycles. The molecule has 0 aliphatic carbocycles. The van der Waals surface area contributed by atoms with E-state index in [-0.39, 0.29) is 5.75 Å². The number of aryl methyl sites for hydroxylation is 1. The molecule has 3 aromatic rings. The number of aromatic amines is 1. The van der Waals surface area contributed by atoms with Gasteiger partial charge < -0.3 is 9.52 Å². The first kappa shape index (κ1) is 14.6. The summed E-state index contributed by atoms with van der Waals surface area (Å²) in [4.78, 5) is 16.0. The van der Waals surface area contributed by atoms with Gasteiger partial charge in [-0.25, -0.2) is 9.79 Å². The van der Waals surface area contributed by atoms with Crippen molar-refractivity contribution in [2.24, 2.45) is 4.99 Å². The van der Waals surface area contributed by atoms with E-state index in [9.17, 15) is 9.90 Å². The molecule has 8 heteroatoms. The van der Waals surface area contributed by atoms with Crippen LogP contribution in [0.4, 0.5) is 5.13 Å². The van der Waals surface area contributed by atoms with E-state index >= 15 is 0 Å². The molecule has 0 aliphatic heterocycles. The number of phenolic OH excluding ortho intramolecular Hbond substituents is 1. The van der Waals surface area contributed by atoms with Gasteiger partial charge in [-0.2, -0.15) is 0 Å². The van der Waals surface area contributed by atoms with Crippen LogP contribution in [0, 0.1) is 10.9 Å². The lowest BCUT2D eigenvalue weighted by Crippen LogP contribution is -2.03. The first-order valence-corrected chi connectivity index (χ1v) is 7.56. The van der Waals surface area contributed by atoms with Crippen molar-refractivity contribution >= 4 is 45.4 Å². The molecule has 0 aliphatic rings. The number of aliphatic imine (C=N–C) groups is 1. The number of H-pyrrole nitrogens is 1. The molecular formula is C14H11N3O3S2. The van der Waals surface area contributed by atoms with Crippen LogP contribution in [0.2, 0.25) is 0 Å². The van der Waals surface area contributed by atoms with Crippen LogP contribution in [0.5, 0.6) is 5.75 Å². The summed E-state index contributed by atoms with van der Waals surface area (Å²) >= 11 is 6.18. The monoisotopic (exact) mass is 333 g/mol. The van der Waals surface area contributed by atoms with Crippen molar-refractivity contribution < 1.29 is 9.52 Å². The highest BCUT2D eigenvalue weighted by Gasteiger charge is 2.15. The first-order chi connectivity index (χ1) is 10.5. The summed E-state index contributed by atoms with van der Waals surface area (Å²) in [5.74, 6) is -0.0124. The predicted molar refractivity (Wildman–Crippen MR) is 88.1 cm³/mol. The van der Waals surface area contributed by atoms with E-state index in [0.29, 0.717) is 25.9 Å². The van der Waals surface area contributed by atoms with Crippen LogP contribution in [0.1, 0.15) is 18.1 Å². The number of aromatic nitrogens is 2. The third-order valence-corrected chi connectivity index (χ3v) is 4.13. The molecule has 0 bridgehead atoms. The van der Waals surface area contributed by atoms with Gasteiger partial charge in [0.25, 0.3) is 0 Å². The van der Waals surface area contributed by atoms with Gasteiger partial charge in [-0.15, -0.1) is 5.10 Å².